The molecule has 0 bridgehead atoms. The van der Waals surface area contributed by atoms with Gasteiger partial charge < -0.3 is 14.4 Å². The molecule has 1 saturated heterocycles. The number of nitrogens with zero attached hydrogens (tertiary/aromatic N) is 4. The summed E-state index contributed by atoms with van der Waals surface area (Å²) in [6.45, 7) is 4.62. The Hall–Kier alpha value is -3.34. The molecule has 0 unspecified atom stereocenters. The molecule has 34 heavy (non-hydrogen) atoms. The first-order valence-corrected chi connectivity index (χ1v) is 12.7. The topological polar surface area (TPSA) is 112 Å². The fourth-order valence-corrected chi connectivity index (χ4v) is 4.40. The molecule has 0 saturated carbocycles. The van der Waals surface area contributed by atoms with E-state index >= 15 is 0 Å². The Morgan fingerprint density at radius 2 is 1.88 bits per heavy atom. The van der Waals surface area contributed by atoms with Crippen LogP contribution in [-0.2, 0) is 14.6 Å². The predicted octanol–water partition coefficient (Wildman–Crippen LogP) is 3.62. The van der Waals surface area contributed by atoms with Gasteiger partial charge in [-0.3, -0.25) is 4.98 Å². The number of pyridine rings is 1. The molecular formula is C23H25FN4O5S. The lowest BCUT2D eigenvalue weighted by Gasteiger charge is -2.31. The summed E-state index contributed by atoms with van der Waals surface area (Å²) in [5.41, 5.74) is 0.768. The molecule has 3 aromatic rings. The van der Waals surface area contributed by atoms with E-state index in [1.54, 1.807) is 11.0 Å². The third-order valence-corrected chi connectivity index (χ3v) is 6.57. The molecule has 0 aliphatic carbocycles. The van der Waals surface area contributed by atoms with Crippen LogP contribution in [-0.4, -0.2) is 65.9 Å². The van der Waals surface area contributed by atoms with E-state index in [0.29, 0.717) is 42.7 Å². The molecule has 2 aromatic heterocycles. The van der Waals surface area contributed by atoms with Crippen molar-refractivity contribution in [2.24, 2.45) is 0 Å². The van der Waals surface area contributed by atoms with Crippen LogP contribution in [0.25, 0.3) is 22.2 Å². The summed E-state index contributed by atoms with van der Waals surface area (Å²) in [7, 11) is -3.54. The Balaban J connectivity index is 1.57. The van der Waals surface area contributed by atoms with Crippen molar-refractivity contribution in [2.75, 3.05) is 19.3 Å². The van der Waals surface area contributed by atoms with Crippen molar-refractivity contribution in [1.82, 2.24) is 19.9 Å². The molecule has 9 nitrogen and oxygen atoms in total. The Morgan fingerprint density at radius 3 is 2.53 bits per heavy atom. The Morgan fingerprint density at radius 1 is 1.15 bits per heavy atom. The molecule has 3 heterocycles. The Bertz CT molecular complexity index is 1320. The third kappa shape index (κ3) is 5.09. The highest BCUT2D eigenvalue weighted by Gasteiger charge is 2.26. The van der Waals surface area contributed by atoms with Crippen molar-refractivity contribution >= 4 is 26.8 Å². The van der Waals surface area contributed by atoms with E-state index in [-0.39, 0.29) is 34.5 Å². The van der Waals surface area contributed by atoms with E-state index in [2.05, 4.69) is 15.0 Å². The average molecular weight is 489 g/mol. The van der Waals surface area contributed by atoms with Gasteiger partial charge in [0.2, 0.25) is 5.88 Å². The van der Waals surface area contributed by atoms with E-state index in [1.165, 1.54) is 24.7 Å². The van der Waals surface area contributed by atoms with E-state index in [9.17, 15) is 17.6 Å². The summed E-state index contributed by atoms with van der Waals surface area (Å²) in [6.07, 6.45) is 4.39. The van der Waals surface area contributed by atoms with Gasteiger partial charge in [0.15, 0.2) is 9.84 Å². The maximum absolute atomic E-state index is 14.8. The highest BCUT2D eigenvalue weighted by atomic mass is 32.2. The molecule has 0 atom stereocenters. The summed E-state index contributed by atoms with van der Waals surface area (Å²) in [6, 6.07) is 5.38. The fraction of sp³-hybridized carbons (Fsp3) is 0.391. The van der Waals surface area contributed by atoms with Gasteiger partial charge in [-0.05, 0) is 38.1 Å². The number of carbonyl (C=O) groups excluding carboxylic acids is 1. The normalized spacial score (nSPS) is 15.0. The molecule has 180 valence electrons. The zero-order valence-corrected chi connectivity index (χ0v) is 19.9. The van der Waals surface area contributed by atoms with Gasteiger partial charge in [-0.2, -0.15) is 0 Å². The molecular weight excluding hydrogens is 463 g/mol. The van der Waals surface area contributed by atoms with Crippen LogP contribution < -0.4 is 4.74 Å². The lowest BCUT2D eigenvalue weighted by Crippen LogP contribution is -2.42. The Labute approximate surface area is 196 Å². The summed E-state index contributed by atoms with van der Waals surface area (Å²) in [5.74, 6) is -0.380. The summed E-state index contributed by atoms with van der Waals surface area (Å²) in [4.78, 5) is 26.5. The smallest absolute Gasteiger partial charge is 0.410 e. The van der Waals surface area contributed by atoms with Crippen molar-refractivity contribution in [1.29, 1.82) is 0 Å². The molecule has 1 aliphatic heterocycles. The average Bonchev–Trinajstić information content (AvgIpc) is 2.78. The highest BCUT2D eigenvalue weighted by molar-refractivity contribution is 7.90. The number of likely N-dealkylation sites (tertiary alicyclic amines) is 1. The van der Waals surface area contributed by atoms with Gasteiger partial charge in [0.05, 0.1) is 22.1 Å². The number of ether oxygens (including phenoxy) is 2. The molecule has 0 spiro atoms. The first-order chi connectivity index (χ1) is 16.1. The third-order valence-electron chi connectivity index (χ3n) is 5.46. The van der Waals surface area contributed by atoms with Gasteiger partial charge >= 0.3 is 6.09 Å². The van der Waals surface area contributed by atoms with E-state index in [4.69, 9.17) is 9.47 Å². The van der Waals surface area contributed by atoms with Crippen LogP contribution in [0.2, 0.25) is 0 Å². The van der Waals surface area contributed by atoms with Crippen LogP contribution in [0.4, 0.5) is 9.18 Å². The quantitative estimate of drug-likeness (QED) is 0.535. The van der Waals surface area contributed by atoms with Crippen molar-refractivity contribution in [2.45, 2.75) is 43.8 Å². The van der Waals surface area contributed by atoms with E-state index in [1.807, 2.05) is 13.8 Å². The van der Waals surface area contributed by atoms with Gasteiger partial charge in [-0.15, -0.1) is 0 Å². The zero-order chi connectivity index (χ0) is 24.5. The van der Waals surface area contributed by atoms with Crippen molar-refractivity contribution in [3.63, 3.8) is 0 Å². The number of rotatable bonds is 5. The van der Waals surface area contributed by atoms with E-state index in [0.717, 1.165) is 12.3 Å². The highest BCUT2D eigenvalue weighted by Crippen LogP contribution is 2.32. The van der Waals surface area contributed by atoms with Crippen LogP contribution in [0, 0.1) is 5.82 Å². The number of halogens is 1. The number of fused-ring (bicyclic) bond motifs is 1. The molecule has 1 aromatic carbocycles. The lowest BCUT2D eigenvalue weighted by atomic mass is 10.1. The minimum atomic E-state index is -3.54. The van der Waals surface area contributed by atoms with Gasteiger partial charge in [-0.25, -0.2) is 27.6 Å². The number of carbonyl (C=O) groups is 1. The van der Waals surface area contributed by atoms with Crippen LogP contribution in [0.3, 0.4) is 0 Å². The molecule has 0 N–H and O–H groups in total. The molecule has 1 fully saturated rings. The predicted molar refractivity (Wildman–Crippen MR) is 123 cm³/mol. The molecule has 11 heteroatoms. The lowest BCUT2D eigenvalue weighted by molar-refractivity contribution is 0.0511. The largest absolute Gasteiger partial charge is 0.474 e. The number of amides is 1. The maximum Gasteiger partial charge on any atom is 0.410 e. The standard InChI is InChI=1S/C23H25FN4O5S/c1-14(2)32-23(29)28-10-7-15(8-11-28)33-22-18-6-9-25-20(21(18)26-13-27-22)17-5-4-16(12-19(17)24)34(3,30)31/h4-6,9,12-15H,7-8,10-11H2,1-3H3. The number of hydrogen-bond acceptors (Lipinski definition) is 8. The first-order valence-electron chi connectivity index (χ1n) is 10.9. The number of aromatic nitrogens is 3. The fourth-order valence-electron chi connectivity index (χ4n) is 3.77. The van der Waals surface area contributed by atoms with Gasteiger partial charge in [-0.1, -0.05) is 0 Å². The number of sulfone groups is 1. The maximum atomic E-state index is 14.8. The first kappa shape index (κ1) is 23.8. The van der Waals surface area contributed by atoms with Gasteiger partial charge in [0.1, 0.15) is 23.8 Å². The molecule has 0 radical (unpaired) electrons. The minimum Gasteiger partial charge on any atom is -0.474 e. The van der Waals surface area contributed by atoms with Crippen molar-refractivity contribution in [3.05, 3.63) is 42.6 Å². The molecule has 1 amide bonds. The summed E-state index contributed by atoms with van der Waals surface area (Å²) in [5, 5.41) is 0.556. The number of benzene rings is 1. The SMILES string of the molecule is CC(C)OC(=O)N1CCC(Oc2ncnc3c(-c4ccc(S(C)(=O)=O)cc4F)nccc23)CC1. The molecule has 1 aliphatic rings. The summed E-state index contributed by atoms with van der Waals surface area (Å²) >= 11 is 0. The monoisotopic (exact) mass is 488 g/mol. The number of hydrogen-bond donors (Lipinski definition) is 0. The molecule has 4 rings (SSSR count). The van der Waals surface area contributed by atoms with Gasteiger partial charge in [0, 0.05) is 43.9 Å². The van der Waals surface area contributed by atoms with Crippen LogP contribution >= 0.6 is 0 Å². The second-order valence-electron chi connectivity index (χ2n) is 8.39. The van der Waals surface area contributed by atoms with Gasteiger partial charge in [0.25, 0.3) is 0 Å². The zero-order valence-electron chi connectivity index (χ0n) is 19.1. The van der Waals surface area contributed by atoms with Crippen LogP contribution in [0.15, 0.2) is 41.7 Å². The number of piperidine rings is 1. The van der Waals surface area contributed by atoms with Crippen molar-refractivity contribution in [3.8, 4) is 17.1 Å². The van der Waals surface area contributed by atoms with Crippen molar-refractivity contribution < 1.29 is 27.1 Å². The van der Waals surface area contributed by atoms with Crippen LogP contribution in [0.5, 0.6) is 5.88 Å². The Kier molecular flexibility index (Phi) is 6.65. The second-order valence-corrected chi connectivity index (χ2v) is 10.4. The second kappa shape index (κ2) is 9.49. The van der Waals surface area contributed by atoms with E-state index < -0.39 is 15.7 Å². The van der Waals surface area contributed by atoms with Crippen LogP contribution in [0.1, 0.15) is 26.7 Å². The summed E-state index contributed by atoms with van der Waals surface area (Å²) < 4.78 is 49.7. The minimum absolute atomic E-state index is 0.115.